The molecule has 1 heterocycles. The van der Waals surface area contributed by atoms with E-state index in [1.807, 2.05) is 0 Å². The molecule has 3 rings (SSSR count). The van der Waals surface area contributed by atoms with E-state index < -0.39 is 0 Å². The minimum absolute atomic E-state index is 0.264. The Morgan fingerprint density at radius 3 is 2.89 bits per heavy atom. The third-order valence-electron chi connectivity index (χ3n) is 4.57. The lowest BCUT2D eigenvalue weighted by Gasteiger charge is -2.35. The van der Waals surface area contributed by atoms with Crippen LogP contribution in [0, 0.1) is 5.92 Å². The molecule has 1 aliphatic heterocycles. The van der Waals surface area contributed by atoms with Gasteiger partial charge in [-0.3, -0.25) is 0 Å². The summed E-state index contributed by atoms with van der Waals surface area (Å²) in [5, 5.41) is 3.82. The molecule has 0 spiro atoms. The van der Waals surface area contributed by atoms with Gasteiger partial charge in [0, 0.05) is 30.9 Å². The molecular formula is C17H24N2. The summed E-state index contributed by atoms with van der Waals surface area (Å²) in [5.74, 6) is 0.856. The SMILES string of the molecule is C/C=C/CN1CC(C)(C2CC2)NCc2ccccc21. The van der Waals surface area contributed by atoms with Crippen LogP contribution in [0.25, 0.3) is 0 Å². The summed E-state index contributed by atoms with van der Waals surface area (Å²) < 4.78 is 0. The summed E-state index contributed by atoms with van der Waals surface area (Å²) in [6.07, 6.45) is 7.18. The van der Waals surface area contributed by atoms with Gasteiger partial charge >= 0.3 is 0 Å². The topological polar surface area (TPSA) is 15.3 Å². The van der Waals surface area contributed by atoms with Crippen LogP contribution in [0.3, 0.4) is 0 Å². The first-order valence-electron chi connectivity index (χ1n) is 7.42. The molecule has 1 aromatic carbocycles. The Balaban J connectivity index is 1.91. The highest BCUT2D eigenvalue weighted by atomic mass is 15.2. The normalized spacial score (nSPS) is 27.4. The van der Waals surface area contributed by atoms with E-state index in [0.29, 0.717) is 0 Å². The summed E-state index contributed by atoms with van der Waals surface area (Å²) >= 11 is 0. The minimum Gasteiger partial charge on any atom is -0.366 e. The molecule has 0 radical (unpaired) electrons. The lowest BCUT2D eigenvalue weighted by molar-refractivity contribution is 0.318. The third kappa shape index (κ3) is 2.55. The predicted molar refractivity (Wildman–Crippen MR) is 81.4 cm³/mol. The first-order valence-corrected chi connectivity index (χ1v) is 7.42. The fourth-order valence-corrected chi connectivity index (χ4v) is 3.19. The van der Waals surface area contributed by atoms with Gasteiger partial charge in [0.1, 0.15) is 0 Å². The molecule has 0 amide bonds. The first-order chi connectivity index (χ1) is 9.23. The molecule has 2 nitrogen and oxygen atoms in total. The van der Waals surface area contributed by atoms with Crippen molar-refractivity contribution in [2.24, 2.45) is 5.92 Å². The van der Waals surface area contributed by atoms with Gasteiger partial charge in [-0.1, -0.05) is 30.4 Å². The van der Waals surface area contributed by atoms with Crippen LogP contribution >= 0.6 is 0 Å². The van der Waals surface area contributed by atoms with Gasteiger partial charge in [0.15, 0.2) is 0 Å². The molecule has 1 N–H and O–H groups in total. The van der Waals surface area contributed by atoms with Crippen molar-refractivity contribution in [3.05, 3.63) is 42.0 Å². The Morgan fingerprint density at radius 1 is 1.37 bits per heavy atom. The van der Waals surface area contributed by atoms with Crippen LogP contribution in [0.1, 0.15) is 32.3 Å². The summed E-state index contributed by atoms with van der Waals surface area (Å²) in [5.41, 5.74) is 3.09. The number of hydrogen-bond acceptors (Lipinski definition) is 2. The third-order valence-corrected chi connectivity index (χ3v) is 4.57. The molecule has 1 fully saturated rings. The van der Waals surface area contributed by atoms with Gasteiger partial charge in [-0.15, -0.1) is 0 Å². The van der Waals surface area contributed by atoms with Crippen molar-refractivity contribution >= 4 is 5.69 Å². The van der Waals surface area contributed by atoms with E-state index in [9.17, 15) is 0 Å². The minimum atomic E-state index is 0.264. The maximum Gasteiger partial charge on any atom is 0.0415 e. The van der Waals surface area contributed by atoms with Crippen LogP contribution in [0.5, 0.6) is 0 Å². The molecule has 1 atom stereocenters. The number of hydrogen-bond donors (Lipinski definition) is 1. The van der Waals surface area contributed by atoms with E-state index in [1.54, 1.807) is 0 Å². The molecule has 19 heavy (non-hydrogen) atoms. The number of benzene rings is 1. The summed E-state index contributed by atoms with van der Waals surface area (Å²) in [6.45, 7) is 7.62. The Bertz CT molecular complexity index is 476. The molecular weight excluding hydrogens is 232 g/mol. The van der Waals surface area contributed by atoms with E-state index in [1.165, 1.54) is 24.1 Å². The second-order valence-corrected chi connectivity index (χ2v) is 6.12. The van der Waals surface area contributed by atoms with E-state index in [0.717, 1.165) is 25.6 Å². The first kappa shape index (κ1) is 12.7. The smallest absolute Gasteiger partial charge is 0.0415 e. The van der Waals surface area contributed by atoms with E-state index >= 15 is 0 Å². The average molecular weight is 256 g/mol. The summed E-state index contributed by atoms with van der Waals surface area (Å²) in [6, 6.07) is 8.82. The second-order valence-electron chi connectivity index (χ2n) is 6.12. The molecule has 1 aromatic rings. The number of allylic oxidation sites excluding steroid dienone is 1. The highest BCUT2D eigenvalue weighted by Crippen LogP contribution is 2.42. The zero-order chi connectivity index (χ0) is 13.3. The number of nitrogens with zero attached hydrogens (tertiary/aromatic N) is 1. The Hall–Kier alpha value is -1.28. The van der Waals surface area contributed by atoms with Crippen molar-refractivity contribution in [1.82, 2.24) is 5.32 Å². The van der Waals surface area contributed by atoms with Gasteiger partial charge in [-0.05, 0) is 44.2 Å². The van der Waals surface area contributed by atoms with E-state index in [4.69, 9.17) is 0 Å². The molecule has 1 unspecified atom stereocenters. The second kappa shape index (κ2) is 5.01. The zero-order valence-corrected chi connectivity index (χ0v) is 12.0. The molecule has 1 saturated carbocycles. The average Bonchev–Trinajstić information content (AvgIpc) is 3.26. The van der Waals surface area contributed by atoms with Crippen LogP contribution in [0.15, 0.2) is 36.4 Å². The fourth-order valence-electron chi connectivity index (χ4n) is 3.19. The number of nitrogens with one attached hydrogen (secondary N) is 1. The van der Waals surface area contributed by atoms with Gasteiger partial charge in [0.05, 0.1) is 0 Å². The van der Waals surface area contributed by atoms with Gasteiger partial charge in [0.2, 0.25) is 0 Å². The van der Waals surface area contributed by atoms with Gasteiger partial charge in [-0.25, -0.2) is 0 Å². The van der Waals surface area contributed by atoms with Gasteiger partial charge < -0.3 is 10.2 Å². The maximum atomic E-state index is 3.82. The van der Waals surface area contributed by atoms with Crippen LogP contribution in [-0.4, -0.2) is 18.6 Å². The summed E-state index contributed by atoms with van der Waals surface area (Å²) in [4.78, 5) is 2.54. The van der Waals surface area contributed by atoms with Crippen molar-refractivity contribution in [2.45, 2.75) is 38.8 Å². The monoisotopic (exact) mass is 256 g/mol. The van der Waals surface area contributed by atoms with Crippen molar-refractivity contribution in [3.8, 4) is 0 Å². The van der Waals surface area contributed by atoms with Crippen molar-refractivity contribution in [2.75, 3.05) is 18.0 Å². The molecule has 0 aromatic heterocycles. The van der Waals surface area contributed by atoms with Crippen LogP contribution in [0.4, 0.5) is 5.69 Å². The molecule has 2 aliphatic rings. The van der Waals surface area contributed by atoms with Crippen LogP contribution in [-0.2, 0) is 6.54 Å². The zero-order valence-electron chi connectivity index (χ0n) is 12.0. The molecule has 2 heteroatoms. The number of fused-ring (bicyclic) bond motifs is 1. The van der Waals surface area contributed by atoms with Crippen LogP contribution in [0.2, 0.25) is 0 Å². The quantitative estimate of drug-likeness (QED) is 0.834. The van der Waals surface area contributed by atoms with E-state index in [-0.39, 0.29) is 5.54 Å². The Morgan fingerprint density at radius 2 is 2.16 bits per heavy atom. The van der Waals surface area contributed by atoms with Crippen molar-refractivity contribution < 1.29 is 0 Å². The number of para-hydroxylation sites is 1. The van der Waals surface area contributed by atoms with Gasteiger partial charge in [-0.2, -0.15) is 0 Å². The Labute approximate surface area is 116 Å². The lowest BCUT2D eigenvalue weighted by atomic mass is 9.95. The molecule has 102 valence electrons. The van der Waals surface area contributed by atoms with E-state index in [2.05, 4.69) is 60.5 Å². The standard InChI is InChI=1S/C17H24N2/c1-3-4-11-19-13-17(2,15-9-10-15)18-12-14-7-5-6-8-16(14)19/h3-8,15,18H,9-13H2,1-2H3/b4-3+. The molecule has 0 bridgehead atoms. The fraction of sp³-hybridized carbons (Fsp3) is 0.529. The van der Waals surface area contributed by atoms with Crippen molar-refractivity contribution in [3.63, 3.8) is 0 Å². The number of anilines is 1. The maximum absolute atomic E-state index is 3.82. The highest BCUT2D eigenvalue weighted by Gasteiger charge is 2.43. The lowest BCUT2D eigenvalue weighted by Crippen LogP contribution is -2.51. The highest BCUT2D eigenvalue weighted by molar-refractivity contribution is 5.55. The largest absolute Gasteiger partial charge is 0.366 e. The summed E-state index contributed by atoms with van der Waals surface area (Å²) in [7, 11) is 0. The number of rotatable bonds is 3. The molecule has 0 saturated heterocycles. The molecule has 1 aliphatic carbocycles. The van der Waals surface area contributed by atoms with Crippen molar-refractivity contribution in [1.29, 1.82) is 0 Å². The Kier molecular flexibility index (Phi) is 3.36. The van der Waals surface area contributed by atoms with Gasteiger partial charge in [0.25, 0.3) is 0 Å². The predicted octanol–water partition coefficient (Wildman–Crippen LogP) is 3.34. The van der Waals surface area contributed by atoms with Crippen LogP contribution < -0.4 is 10.2 Å².